The highest BCUT2D eigenvalue weighted by Gasteiger charge is 2.23. The zero-order valence-corrected chi connectivity index (χ0v) is 16.7. The Labute approximate surface area is 176 Å². The molecule has 2 aromatic rings. The number of rotatable bonds is 8. The Kier molecular flexibility index (Phi) is 7.70. The van der Waals surface area contributed by atoms with E-state index in [4.69, 9.17) is 16.3 Å². The Bertz CT molecular complexity index is 944. The van der Waals surface area contributed by atoms with Crippen LogP contribution in [0.4, 0.5) is 5.69 Å². The molecule has 0 saturated carbocycles. The van der Waals surface area contributed by atoms with Gasteiger partial charge in [-0.1, -0.05) is 11.6 Å². The van der Waals surface area contributed by atoms with Gasteiger partial charge in [0.15, 0.2) is 0 Å². The molecule has 0 fully saturated rings. The molecule has 30 heavy (non-hydrogen) atoms. The molecule has 0 spiro atoms. The van der Waals surface area contributed by atoms with E-state index in [-0.39, 0.29) is 27.8 Å². The van der Waals surface area contributed by atoms with Crippen LogP contribution in [0, 0.1) is 10.1 Å². The van der Waals surface area contributed by atoms with Crippen molar-refractivity contribution in [3.8, 4) is 11.5 Å². The summed E-state index contributed by atoms with van der Waals surface area (Å²) in [4.78, 5) is 47.2. The van der Waals surface area contributed by atoms with Crippen LogP contribution in [-0.2, 0) is 19.1 Å². The van der Waals surface area contributed by atoms with Crippen molar-refractivity contribution in [1.82, 2.24) is 4.90 Å². The van der Waals surface area contributed by atoms with Gasteiger partial charge in [-0.25, -0.2) is 0 Å². The maximum absolute atomic E-state index is 12.7. The van der Waals surface area contributed by atoms with Crippen LogP contribution >= 0.6 is 11.6 Å². The summed E-state index contributed by atoms with van der Waals surface area (Å²) < 4.78 is 14.6. The minimum atomic E-state index is -0.706. The van der Waals surface area contributed by atoms with Gasteiger partial charge in [0, 0.05) is 16.7 Å². The number of amides is 1. The van der Waals surface area contributed by atoms with Gasteiger partial charge in [0.2, 0.25) is 5.75 Å². The number of hydrogen-bond donors (Lipinski definition) is 0. The average molecular weight is 437 g/mol. The molecule has 0 aliphatic carbocycles. The molecular formula is C19H17ClN2O8. The molecule has 0 saturated heterocycles. The lowest BCUT2D eigenvalue weighted by Crippen LogP contribution is -2.40. The number of esters is 2. The van der Waals surface area contributed by atoms with E-state index < -0.39 is 35.9 Å². The van der Waals surface area contributed by atoms with Gasteiger partial charge in [0.1, 0.15) is 18.8 Å². The number of carbonyl (C=O) groups excluding carboxylic acids is 3. The summed E-state index contributed by atoms with van der Waals surface area (Å²) in [6.45, 7) is -0.890. The van der Waals surface area contributed by atoms with E-state index in [0.717, 1.165) is 25.2 Å². The highest BCUT2D eigenvalue weighted by Crippen LogP contribution is 2.33. The molecule has 0 atom stereocenters. The van der Waals surface area contributed by atoms with Crippen molar-refractivity contribution in [3.63, 3.8) is 0 Å². The molecule has 0 aliphatic rings. The Morgan fingerprint density at radius 3 is 2.07 bits per heavy atom. The third-order valence-electron chi connectivity index (χ3n) is 3.83. The van der Waals surface area contributed by atoms with Crippen LogP contribution in [0.15, 0.2) is 42.5 Å². The molecule has 0 radical (unpaired) electrons. The number of nitro benzene ring substituents is 1. The molecule has 158 valence electrons. The Hall–Kier alpha value is -3.66. The fourth-order valence-corrected chi connectivity index (χ4v) is 2.50. The largest absolute Gasteiger partial charge is 0.468 e. The van der Waals surface area contributed by atoms with E-state index in [9.17, 15) is 24.5 Å². The van der Waals surface area contributed by atoms with Gasteiger partial charge >= 0.3 is 17.6 Å². The normalized spacial score (nSPS) is 10.1. The first kappa shape index (κ1) is 22.6. The summed E-state index contributed by atoms with van der Waals surface area (Å²) in [6.07, 6.45) is 0. The topological polar surface area (TPSA) is 125 Å². The van der Waals surface area contributed by atoms with Crippen molar-refractivity contribution in [3.05, 3.63) is 63.2 Å². The summed E-state index contributed by atoms with van der Waals surface area (Å²) in [5.74, 6) is -1.83. The van der Waals surface area contributed by atoms with Crippen molar-refractivity contribution in [2.24, 2.45) is 0 Å². The summed E-state index contributed by atoms with van der Waals surface area (Å²) in [5, 5.41) is 11.3. The molecule has 0 unspecified atom stereocenters. The molecule has 0 aromatic heterocycles. The summed E-state index contributed by atoms with van der Waals surface area (Å²) in [5.41, 5.74) is -0.161. The summed E-state index contributed by atoms with van der Waals surface area (Å²) >= 11 is 5.77. The SMILES string of the molecule is COC(=O)CN(CC(=O)OC)C(=O)c1ccc(Oc2ccc(Cl)cc2[N+](=O)[O-])cc1. The zero-order valence-electron chi connectivity index (χ0n) is 16.0. The maximum atomic E-state index is 12.7. The highest BCUT2D eigenvalue weighted by atomic mass is 35.5. The molecule has 0 N–H and O–H groups in total. The van der Waals surface area contributed by atoms with Crippen molar-refractivity contribution in [2.75, 3.05) is 27.3 Å². The fraction of sp³-hybridized carbons (Fsp3) is 0.211. The molecule has 0 heterocycles. The standard InChI is InChI=1S/C19H17ClN2O8/c1-28-17(23)10-21(11-18(24)29-2)19(25)12-3-6-14(7-4-12)30-16-8-5-13(20)9-15(16)22(26)27/h3-9H,10-11H2,1-2H3. The number of halogens is 1. The number of hydrogen-bond acceptors (Lipinski definition) is 8. The molecule has 10 nitrogen and oxygen atoms in total. The van der Waals surface area contributed by atoms with Crippen LogP contribution in [0.1, 0.15) is 10.4 Å². The fourth-order valence-electron chi connectivity index (χ4n) is 2.33. The highest BCUT2D eigenvalue weighted by molar-refractivity contribution is 6.30. The van der Waals surface area contributed by atoms with Gasteiger partial charge < -0.3 is 19.1 Å². The Morgan fingerprint density at radius 1 is 1.00 bits per heavy atom. The lowest BCUT2D eigenvalue weighted by atomic mass is 10.2. The molecule has 2 aromatic carbocycles. The van der Waals surface area contributed by atoms with Crippen LogP contribution in [0.25, 0.3) is 0 Å². The lowest BCUT2D eigenvalue weighted by Gasteiger charge is -2.20. The van der Waals surface area contributed by atoms with E-state index in [0.29, 0.717) is 0 Å². The van der Waals surface area contributed by atoms with Crippen molar-refractivity contribution in [1.29, 1.82) is 0 Å². The predicted octanol–water partition coefficient (Wildman–Crippen LogP) is 2.83. The summed E-state index contributed by atoms with van der Waals surface area (Å²) in [7, 11) is 2.32. The van der Waals surface area contributed by atoms with Crippen molar-refractivity contribution in [2.45, 2.75) is 0 Å². The zero-order chi connectivity index (χ0) is 22.3. The quantitative estimate of drug-likeness (QED) is 0.351. The number of ether oxygens (including phenoxy) is 3. The van der Waals surface area contributed by atoms with Gasteiger partial charge in [-0.2, -0.15) is 0 Å². The predicted molar refractivity (Wildman–Crippen MR) is 105 cm³/mol. The monoisotopic (exact) mass is 436 g/mol. The second-order valence-electron chi connectivity index (χ2n) is 5.81. The van der Waals surface area contributed by atoms with Gasteiger partial charge in [-0.15, -0.1) is 0 Å². The molecule has 11 heteroatoms. The van der Waals surface area contributed by atoms with Crippen molar-refractivity contribution < 1.29 is 33.5 Å². The Balaban J connectivity index is 2.21. The number of carbonyl (C=O) groups is 3. The third kappa shape index (κ3) is 5.92. The first-order valence-electron chi connectivity index (χ1n) is 8.40. The minimum Gasteiger partial charge on any atom is -0.468 e. The van der Waals surface area contributed by atoms with Gasteiger partial charge in [0.05, 0.1) is 19.1 Å². The molecule has 2 rings (SSSR count). The molecule has 0 aliphatic heterocycles. The van der Waals surface area contributed by atoms with Crippen LogP contribution in [-0.4, -0.2) is 55.0 Å². The molecule has 1 amide bonds. The minimum absolute atomic E-state index is 0.0264. The first-order valence-corrected chi connectivity index (χ1v) is 8.77. The van der Waals surface area contributed by atoms with E-state index in [1.54, 1.807) is 0 Å². The number of nitrogens with zero attached hydrogens (tertiary/aromatic N) is 2. The van der Waals surface area contributed by atoms with Gasteiger partial charge in [-0.05, 0) is 36.4 Å². The van der Waals surface area contributed by atoms with Gasteiger partial charge in [-0.3, -0.25) is 24.5 Å². The number of methoxy groups -OCH3 is 2. The van der Waals surface area contributed by atoms with E-state index >= 15 is 0 Å². The third-order valence-corrected chi connectivity index (χ3v) is 4.06. The lowest BCUT2D eigenvalue weighted by molar-refractivity contribution is -0.385. The maximum Gasteiger partial charge on any atom is 0.325 e. The average Bonchev–Trinajstić information content (AvgIpc) is 2.74. The second kappa shape index (κ2) is 10.2. The molecular weight excluding hydrogens is 420 g/mol. The van der Waals surface area contributed by atoms with Crippen LogP contribution in [0.2, 0.25) is 5.02 Å². The van der Waals surface area contributed by atoms with Crippen LogP contribution in [0.3, 0.4) is 0 Å². The smallest absolute Gasteiger partial charge is 0.325 e. The van der Waals surface area contributed by atoms with Gasteiger partial charge in [0.25, 0.3) is 5.91 Å². The van der Waals surface area contributed by atoms with E-state index in [1.165, 1.54) is 36.4 Å². The van der Waals surface area contributed by atoms with Crippen LogP contribution in [0.5, 0.6) is 11.5 Å². The van der Waals surface area contributed by atoms with E-state index in [2.05, 4.69) is 9.47 Å². The van der Waals surface area contributed by atoms with Crippen molar-refractivity contribution >= 4 is 35.1 Å². The first-order chi connectivity index (χ1) is 14.2. The number of nitro groups is 1. The number of benzene rings is 2. The van der Waals surface area contributed by atoms with E-state index in [1.807, 2.05) is 0 Å². The molecule has 0 bridgehead atoms. The Morgan fingerprint density at radius 2 is 1.57 bits per heavy atom. The summed E-state index contributed by atoms with van der Waals surface area (Å²) in [6, 6.07) is 9.57. The van der Waals surface area contributed by atoms with Crippen LogP contribution < -0.4 is 4.74 Å². The second-order valence-corrected chi connectivity index (χ2v) is 6.25.